The summed E-state index contributed by atoms with van der Waals surface area (Å²) < 4.78 is 6.41. The maximum atomic E-state index is 5.62. The summed E-state index contributed by atoms with van der Waals surface area (Å²) in [5.74, 6) is 2.68. The molecule has 0 radical (unpaired) electrons. The van der Waals surface area contributed by atoms with E-state index in [4.69, 9.17) is 14.4 Å². The predicted octanol–water partition coefficient (Wildman–Crippen LogP) is 4.44. The first kappa shape index (κ1) is 15.3. The molecular weight excluding hydrogens is 354 g/mol. The van der Waals surface area contributed by atoms with Crippen LogP contribution in [0.1, 0.15) is 60.9 Å². The van der Waals surface area contributed by atoms with Crippen LogP contribution >= 0.6 is 15.9 Å². The lowest BCUT2D eigenvalue weighted by Gasteiger charge is -2.28. The standard InChI is InChI=1S/C18H22BrN3O/c19-17-7-6-15(23-17)12-22-9-8-16-14(11-22)10-20-18(21-16)13-4-2-1-3-5-13/h6-7,10,13H,1-5,8-9,11-12H2. The first-order chi connectivity index (χ1) is 11.3. The molecule has 5 heteroatoms. The largest absolute Gasteiger partial charge is 0.453 e. The molecule has 1 fully saturated rings. The van der Waals surface area contributed by atoms with Gasteiger partial charge in [-0.1, -0.05) is 19.3 Å². The summed E-state index contributed by atoms with van der Waals surface area (Å²) in [6, 6.07) is 3.98. The molecule has 122 valence electrons. The van der Waals surface area contributed by atoms with E-state index in [1.54, 1.807) is 0 Å². The highest BCUT2D eigenvalue weighted by Crippen LogP contribution is 2.31. The van der Waals surface area contributed by atoms with Gasteiger partial charge in [0.05, 0.1) is 6.54 Å². The molecule has 23 heavy (non-hydrogen) atoms. The Kier molecular flexibility index (Phi) is 4.49. The third-order valence-corrected chi connectivity index (χ3v) is 5.44. The van der Waals surface area contributed by atoms with Crippen molar-refractivity contribution >= 4 is 15.9 Å². The predicted molar refractivity (Wildman–Crippen MR) is 92.1 cm³/mol. The zero-order valence-electron chi connectivity index (χ0n) is 13.3. The lowest BCUT2D eigenvalue weighted by molar-refractivity contribution is 0.221. The van der Waals surface area contributed by atoms with E-state index in [1.807, 2.05) is 12.1 Å². The zero-order chi connectivity index (χ0) is 15.6. The number of halogens is 1. The van der Waals surface area contributed by atoms with E-state index in [-0.39, 0.29) is 0 Å². The van der Waals surface area contributed by atoms with Crippen molar-refractivity contribution in [2.75, 3.05) is 6.54 Å². The second kappa shape index (κ2) is 6.73. The molecule has 0 aromatic carbocycles. The SMILES string of the molecule is Brc1ccc(CN2CCc3nc(C4CCCCC4)ncc3C2)o1. The van der Waals surface area contributed by atoms with Crippen molar-refractivity contribution in [1.82, 2.24) is 14.9 Å². The van der Waals surface area contributed by atoms with Gasteiger partial charge < -0.3 is 4.42 Å². The number of hydrogen-bond donors (Lipinski definition) is 0. The van der Waals surface area contributed by atoms with Crippen LogP contribution in [0.5, 0.6) is 0 Å². The van der Waals surface area contributed by atoms with Gasteiger partial charge in [-0.15, -0.1) is 0 Å². The molecule has 0 unspecified atom stereocenters. The minimum atomic E-state index is 0.590. The fourth-order valence-corrected chi connectivity index (χ4v) is 4.08. The van der Waals surface area contributed by atoms with Crippen LogP contribution in [0.3, 0.4) is 0 Å². The van der Waals surface area contributed by atoms with E-state index in [9.17, 15) is 0 Å². The lowest BCUT2D eigenvalue weighted by atomic mass is 9.88. The summed E-state index contributed by atoms with van der Waals surface area (Å²) in [7, 11) is 0. The van der Waals surface area contributed by atoms with Gasteiger partial charge in [0, 0.05) is 42.9 Å². The molecule has 4 rings (SSSR count). The van der Waals surface area contributed by atoms with Gasteiger partial charge in [0.1, 0.15) is 11.6 Å². The van der Waals surface area contributed by atoms with Crippen molar-refractivity contribution in [2.45, 2.75) is 57.5 Å². The first-order valence-electron chi connectivity index (χ1n) is 8.59. The van der Waals surface area contributed by atoms with E-state index in [1.165, 1.54) is 43.4 Å². The first-order valence-corrected chi connectivity index (χ1v) is 9.38. The number of rotatable bonds is 3. The van der Waals surface area contributed by atoms with Gasteiger partial charge in [0.2, 0.25) is 0 Å². The Hall–Kier alpha value is -1.20. The molecule has 2 aliphatic rings. The molecule has 3 heterocycles. The van der Waals surface area contributed by atoms with Crippen LogP contribution in [0.25, 0.3) is 0 Å². The number of fused-ring (bicyclic) bond motifs is 1. The Morgan fingerprint density at radius 2 is 2.09 bits per heavy atom. The van der Waals surface area contributed by atoms with E-state index >= 15 is 0 Å². The normalized spacial score (nSPS) is 19.7. The fourth-order valence-electron chi connectivity index (χ4n) is 3.74. The van der Waals surface area contributed by atoms with Crippen LogP contribution in [0.15, 0.2) is 27.4 Å². The number of furan rings is 1. The Labute approximate surface area is 145 Å². The molecule has 4 nitrogen and oxygen atoms in total. The van der Waals surface area contributed by atoms with E-state index < -0.39 is 0 Å². The zero-order valence-corrected chi connectivity index (χ0v) is 14.9. The number of aromatic nitrogens is 2. The quantitative estimate of drug-likeness (QED) is 0.795. The van der Waals surface area contributed by atoms with Gasteiger partial charge in [-0.3, -0.25) is 4.90 Å². The molecule has 1 aliphatic heterocycles. The summed E-state index contributed by atoms with van der Waals surface area (Å²) in [6.07, 6.45) is 9.64. The molecule has 2 aromatic rings. The highest BCUT2D eigenvalue weighted by atomic mass is 79.9. The van der Waals surface area contributed by atoms with Crippen LogP contribution in [-0.4, -0.2) is 21.4 Å². The molecule has 2 aromatic heterocycles. The lowest BCUT2D eigenvalue weighted by Crippen LogP contribution is -2.31. The second-order valence-corrected chi connectivity index (χ2v) is 7.48. The molecule has 0 bridgehead atoms. The van der Waals surface area contributed by atoms with E-state index in [0.717, 1.165) is 42.3 Å². The monoisotopic (exact) mass is 375 g/mol. The Balaban J connectivity index is 1.45. The van der Waals surface area contributed by atoms with Crippen molar-refractivity contribution < 1.29 is 4.42 Å². The second-order valence-electron chi connectivity index (χ2n) is 6.70. The van der Waals surface area contributed by atoms with Crippen LogP contribution < -0.4 is 0 Å². The third kappa shape index (κ3) is 3.50. The summed E-state index contributed by atoms with van der Waals surface area (Å²) in [5, 5.41) is 0. The summed E-state index contributed by atoms with van der Waals surface area (Å²) in [5.41, 5.74) is 2.54. The van der Waals surface area contributed by atoms with Crippen molar-refractivity contribution in [2.24, 2.45) is 0 Å². The fraction of sp³-hybridized carbons (Fsp3) is 0.556. The Bertz CT molecular complexity index is 679. The molecule has 1 aliphatic carbocycles. The molecular formula is C18H22BrN3O. The maximum absolute atomic E-state index is 5.62. The summed E-state index contributed by atoms with van der Waals surface area (Å²) in [4.78, 5) is 12.0. The van der Waals surface area contributed by atoms with E-state index in [0.29, 0.717) is 5.92 Å². The molecule has 1 saturated carbocycles. The average Bonchev–Trinajstić information content (AvgIpc) is 3.00. The van der Waals surface area contributed by atoms with Crippen molar-refractivity contribution in [3.05, 3.63) is 45.8 Å². The average molecular weight is 376 g/mol. The van der Waals surface area contributed by atoms with Gasteiger partial charge in [0.15, 0.2) is 4.67 Å². The van der Waals surface area contributed by atoms with Gasteiger partial charge in [0.25, 0.3) is 0 Å². The number of hydrogen-bond acceptors (Lipinski definition) is 4. The molecule has 0 saturated heterocycles. The molecule has 0 atom stereocenters. The van der Waals surface area contributed by atoms with Crippen LogP contribution in [0, 0.1) is 0 Å². The van der Waals surface area contributed by atoms with Crippen LogP contribution in [0.4, 0.5) is 0 Å². The molecule has 0 N–H and O–H groups in total. The summed E-state index contributed by atoms with van der Waals surface area (Å²) >= 11 is 3.36. The summed E-state index contributed by atoms with van der Waals surface area (Å²) in [6.45, 7) is 2.79. The molecule has 0 amide bonds. The van der Waals surface area contributed by atoms with Crippen LogP contribution in [0.2, 0.25) is 0 Å². The van der Waals surface area contributed by atoms with Gasteiger partial charge in [-0.25, -0.2) is 9.97 Å². The van der Waals surface area contributed by atoms with Crippen molar-refractivity contribution in [3.63, 3.8) is 0 Å². The minimum absolute atomic E-state index is 0.590. The minimum Gasteiger partial charge on any atom is -0.453 e. The van der Waals surface area contributed by atoms with Crippen molar-refractivity contribution in [3.8, 4) is 0 Å². The Morgan fingerprint density at radius 1 is 1.22 bits per heavy atom. The highest BCUT2D eigenvalue weighted by molar-refractivity contribution is 9.10. The van der Waals surface area contributed by atoms with Gasteiger partial charge in [-0.2, -0.15) is 0 Å². The van der Waals surface area contributed by atoms with Gasteiger partial charge in [-0.05, 0) is 40.9 Å². The van der Waals surface area contributed by atoms with Crippen molar-refractivity contribution in [1.29, 1.82) is 0 Å². The Morgan fingerprint density at radius 3 is 2.87 bits per heavy atom. The smallest absolute Gasteiger partial charge is 0.169 e. The van der Waals surface area contributed by atoms with Gasteiger partial charge >= 0.3 is 0 Å². The maximum Gasteiger partial charge on any atom is 0.169 e. The molecule has 0 spiro atoms. The van der Waals surface area contributed by atoms with Crippen LogP contribution in [-0.2, 0) is 19.5 Å². The highest BCUT2D eigenvalue weighted by Gasteiger charge is 2.23. The topological polar surface area (TPSA) is 42.2 Å². The number of nitrogens with zero attached hydrogens (tertiary/aromatic N) is 3. The van der Waals surface area contributed by atoms with E-state index in [2.05, 4.69) is 27.0 Å². The third-order valence-electron chi connectivity index (χ3n) is 5.01.